The number of ether oxygens (including phenoxy) is 2. The van der Waals surface area contributed by atoms with E-state index >= 15 is 0 Å². The zero-order valence-corrected chi connectivity index (χ0v) is 28.5. The Morgan fingerprint density at radius 2 is 1.55 bits per heavy atom. The molecule has 5 fully saturated rings. The molecule has 0 aromatic heterocycles. The summed E-state index contributed by atoms with van der Waals surface area (Å²) >= 11 is 0. The number of aliphatic hydroxyl groups is 6. The van der Waals surface area contributed by atoms with E-state index in [0.717, 1.165) is 57.8 Å². The average molecular weight is 623 g/mol. The van der Waals surface area contributed by atoms with Crippen LogP contribution < -0.4 is 0 Å². The van der Waals surface area contributed by atoms with Crippen molar-refractivity contribution in [3.63, 3.8) is 0 Å². The molecule has 8 heteroatoms. The Morgan fingerprint density at radius 1 is 0.886 bits per heavy atom. The first kappa shape index (κ1) is 34.7. The highest BCUT2D eigenvalue weighted by Gasteiger charge is 2.70. The Kier molecular flexibility index (Phi) is 9.35. The minimum Gasteiger partial charge on any atom is -0.394 e. The first-order chi connectivity index (χ1) is 20.3. The molecule has 0 amide bonds. The van der Waals surface area contributed by atoms with E-state index in [1.807, 2.05) is 13.8 Å². The molecule has 8 nitrogen and oxygen atoms in total. The van der Waals surface area contributed by atoms with E-state index in [2.05, 4.69) is 47.6 Å². The second-order valence-corrected chi connectivity index (χ2v) is 17.4. The van der Waals surface area contributed by atoms with Crippen molar-refractivity contribution in [2.24, 2.45) is 45.3 Å². The maximum absolute atomic E-state index is 12.0. The first-order valence-electron chi connectivity index (χ1n) is 17.3. The van der Waals surface area contributed by atoms with E-state index in [-0.39, 0.29) is 39.8 Å². The van der Waals surface area contributed by atoms with E-state index in [0.29, 0.717) is 17.8 Å². The molecule has 1 aliphatic heterocycles. The molecule has 0 spiro atoms. The molecular formula is C36H62O8. The van der Waals surface area contributed by atoms with Crippen LogP contribution in [-0.4, -0.2) is 85.8 Å². The Bertz CT molecular complexity index is 1070. The highest BCUT2D eigenvalue weighted by atomic mass is 16.7. The Hall–Kier alpha value is -0.580. The van der Waals surface area contributed by atoms with Gasteiger partial charge in [0.25, 0.3) is 0 Å². The van der Waals surface area contributed by atoms with Crippen LogP contribution >= 0.6 is 0 Å². The molecule has 0 aromatic rings. The standard InChI is InChI=1S/C36H62O8/c1-20(10-9-14-32(2,3)42)21-11-16-36(8)27(21)22(38)18-25-34(6)15-13-26(33(4,5)24(34)12-17-35(25,36)7)44-31-30(41)29(40)28(39)23(19-37)43-31/h10,21-31,37-42H,9,11-19H2,1-8H3/t21-,22+,23-,24?,25?,26-,27-,28-,29+,30-,31+,34+,35-,36+/m1/s1. The molecule has 5 aliphatic rings. The van der Waals surface area contributed by atoms with Crippen LogP contribution in [0.5, 0.6) is 0 Å². The van der Waals surface area contributed by atoms with Gasteiger partial charge in [0.1, 0.15) is 24.4 Å². The molecule has 1 heterocycles. The minimum atomic E-state index is -1.45. The fraction of sp³-hybridized carbons (Fsp3) is 0.944. The van der Waals surface area contributed by atoms with Gasteiger partial charge in [0.15, 0.2) is 6.29 Å². The third-order valence-electron chi connectivity index (χ3n) is 14.3. The zero-order chi connectivity index (χ0) is 32.6. The van der Waals surface area contributed by atoms with Gasteiger partial charge in [-0.15, -0.1) is 0 Å². The van der Waals surface area contributed by atoms with Gasteiger partial charge in [0, 0.05) is 0 Å². The summed E-state index contributed by atoms with van der Waals surface area (Å²) in [6, 6.07) is 0. The lowest BCUT2D eigenvalue weighted by atomic mass is 9.35. The lowest BCUT2D eigenvalue weighted by Gasteiger charge is -2.70. The second kappa shape index (κ2) is 11.8. The predicted molar refractivity (Wildman–Crippen MR) is 168 cm³/mol. The molecule has 5 rings (SSSR count). The zero-order valence-electron chi connectivity index (χ0n) is 28.5. The van der Waals surface area contributed by atoms with E-state index in [1.54, 1.807) is 0 Å². The smallest absolute Gasteiger partial charge is 0.186 e. The van der Waals surface area contributed by atoms with Crippen LogP contribution in [0.25, 0.3) is 0 Å². The Balaban J connectivity index is 1.36. The summed E-state index contributed by atoms with van der Waals surface area (Å²) in [5.41, 5.74) is 0.589. The largest absolute Gasteiger partial charge is 0.394 e. The molecule has 14 atom stereocenters. The van der Waals surface area contributed by atoms with Crippen molar-refractivity contribution < 1.29 is 40.1 Å². The normalized spacial score (nSPS) is 51.0. The summed E-state index contributed by atoms with van der Waals surface area (Å²) in [5, 5.41) is 63.2. The van der Waals surface area contributed by atoms with E-state index in [9.17, 15) is 30.6 Å². The molecule has 2 unspecified atom stereocenters. The Morgan fingerprint density at radius 3 is 2.18 bits per heavy atom. The van der Waals surface area contributed by atoms with Crippen LogP contribution in [-0.2, 0) is 9.47 Å². The number of rotatable bonds is 7. The van der Waals surface area contributed by atoms with Gasteiger partial charge in [0.2, 0.25) is 0 Å². The highest BCUT2D eigenvalue weighted by Crippen LogP contribution is 2.75. The minimum absolute atomic E-state index is 0.0103. The summed E-state index contributed by atoms with van der Waals surface area (Å²) in [7, 11) is 0. The summed E-state index contributed by atoms with van der Waals surface area (Å²) in [5.74, 6) is 1.32. The molecule has 6 N–H and O–H groups in total. The van der Waals surface area contributed by atoms with Gasteiger partial charge < -0.3 is 40.1 Å². The maximum atomic E-state index is 12.0. The molecule has 4 aliphatic carbocycles. The van der Waals surface area contributed by atoms with E-state index < -0.39 is 42.9 Å². The van der Waals surface area contributed by atoms with Gasteiger partial charge >= 0.3 is 0 Å². The summed E-state index contributed by atoms with van der Waals surface area (Å²) in [6.45, 7) is 17.4. The van der Waals surface area contributed by atoms with Crippen molar-refractivity contribution in [3.8, 4) is 0 Å². The van der Waals surface area contributed by atoms with Crippen molar-refractivity contribution in [1.29, 1.82) is 0 Å². The molecule has 4 saturated carbocycles. The Labute approximate surface area is 265 Å². The van der Waals surface area contributed by atoms with Crippen molar-refractivity contribution in [1.82, 2.24) is 0 Å². The van der Waals surface area contributed by atoms with Gasteiger partial charge in [-0.25, -0.2) is 0 Å². The number of aliphatic hydroxyl groups excluding tert-OH is 5. The fourth-order valence-electron chi connectivity index (χ4n) is 11.6. The topological polar surface area (TPSA) is 140 Å². The van der Waals surface area contributed by atoms with Crippen molar-refractivity contribution in [2.75, 3.05) is 6.61 Å². The van der Waals surface area contributed by atoms with Crippen molar-refractivity contribution >= 4 is 0 Å². The van der Waals surface area contributed by atoms with Crippen LogP contribution in [0.15, 0.2) is 11.6 Å². The second-order valence-electron chi connectivity index (χ2n) is 17.4. The number of hydrogen-bond donors (Lipinski definition) is 6. The average Bonchev–Trinajstić information content (AvgIpc) is 3.31. The van der Waals surface area contributed by atoms with Gasteiger partial charge in [-0.3, -0.25) is 0 Å². The van der Waals surface area contributed by atoms with Gasteiger partial charge in [-0.1, -0.05) is 46.3 Å². The summed E-state index contributed by atoms with van der Waals surface area (Å²) < 4.78 is 12.2. The van der Waals surface area contributed by atoms with Crippen LogP contribution in [0.3, 0.4) is 0 Å². The molecule has 0 bridgehead atoms. The van der Waals surface area contributed by atoms with Crippen LogP contribution in [0.2, 0.25) is 0 Å². The van der Waals surface area contributed by atoms with Gasteiger partial charge in [-0.2, -0.15) is 0 Å². The molecule has 1 saturated heterocycles. The SMILES string of the molecule is CC(=CCCC(C)(C)O)[C@H]1CC[C@@]2(C)[C@H]1[C@@H](O)CC1[C@@]3(C)CC[C@@H](O[C@@H]4O[C@H](CO)[C@@H](O)[C@H](O)[C@H]4O)C(C)(C)C3CC[C@]12C. The number of hydrogen-bond acceptors (Lipinski definition) is 8. The molecule has 0 aromatic carbocycles. The van der Waals surface area contributed by atoms with Crippen molar-refractivity contribution in [2.45, 2.75) is 162 Å². The molecule has 0 radical (unpaired) electrons. The maximum Gasteiger partial charge on any atom is 0.186 e. The summed E-state index contributed by atoms with van der Waals surface area (Å²) in [4.78, 5) is 0. The fourth-order valence-corrected chi connectivity index (χ4v) is 11.6. The van der Waals surface area contributed by atoms with Crippen molar-refractivity contribution in [3.05, 3.63) is 11.6 Å². The van der Waals surface area contributed by atoms with E-state index in [1.165, 1.54) is 5.57 Å². The van der Waals surface area contributed by atoms with Crippen LogP contribution in [0.1, 0.15) is 113 Å². The third kappa shape index (κ3) is 5.45. The lowest BCUT2D eigenvalue weighted by molar-refractivity contribution is -0.331. The molecule has 254 valence electrons. The number of fused-ring (bicyclic) bond motifs is 5. The number of allylic oxidation sites excluding steroid dienone is 2. The highest BCUT2D eigenvalue weighted by molar-refractivity contribution is 5.22. The summed E-state index contributed by atoms with van der Waals surface area (Å²) in [6.07, 6.45) is 3.85. The third-order valence-corrected chi connectivity index (χ3v) is 14.3. The molecule has 44 heavy (non-hydrogen) atoms. The van der Waals surface area contributed by atoms with Crippen LogP contribution in [0.4, 0.5) is 0 Å². The molecular weight excluding hydrogens is 560 g/mol. The van der Waals surface area contributed by atoms with Gasteiger partial charge in [0.05, 0.1) is 24.4 Å². The first-order valence-corrected chi connectivity index (χ1v) is 17.3. The lowest BCUT2D eigenvalue weighted by Crippen LogP contribution is -2.67. The quantitative estimate of drug-likeness (QED) is 0.182. The predicted octanol–water partition coefficient (Wildman–Crippen LogP) is 4.32. The monoisotopic (exact) mass is 622 g/mol. The van der Waals surface area contributed by atoms with Gasteiger partial charge in [-0.05, 0) is 124 Å². The van der Waals surface area contributed by atoms with E-state index in [4.69, 9.17) is 9.47 Å². The van der Waals surface area contributed by atoms with Crippen LogP contribution in [0, 0.1) is 45.3 Å².